The zero-order valence-electron chi connectivity index (χ0n) is 18.9. The molecule has 7 heteroatoms. The van der Waals surface area contributed by atoms with E-state index in [4.69, 9.17) is 4.84 Å². The van der Waals surface area contributed by atoms with Crippen molar-refractivity contribution in [3.8, 4) is 0 Å². The summed E-state index contributed by atoms with van der Waals surface area (Å²) in [6.45, 7) is 6.38. The molecule has 5 rings (SSSR count). The summed E-state index contributed by atoms with van der Waals surface area (Å²) >= 11 is 0. The number of halogens is 1. The topological polar surface area (TPSA) is 91.2 Å². The molecule has 1 saturated heterocycles. The molecular weight excluding hydrogens is 416 g/mol. The van der Waals surface area contributed by atoms with Crippen LogP contribution in [0.25, 0.3) is 0 Å². The highest BCUT2D eigenvalue weighted by molar-refractivity contribution is 5.87. The number of fused-ring (bicyclic) bond motifs is 5. The first-order valence-corrected chi connectivity index (χ1v) is 12.1. The van der Waals surface area contributed by atoms with Crippen LogP contribution in [0.15, 0.2) is 5.16 Å². The summed E-state index contributed by atoms with van der Waals surface area (Å²) in [5.74, 6) is 1.28. The maximum absolute atomic E-state index is 12.7. The van der Waals surface area contributed by atoms with Crippen molar-refractivity contribution in [3.63, 3.8) is 0 Å². The molecule has 0 aromatic heterocycles. The average Bonchev–Trinajstić information content (AvgIpc) is 3.36. The number of carbonyl (C=O) groups is 1. The zero-order chi connectivity index (χ0) is 21.1. The number of ketones is 1. The number of rotatable bonds is 3. The fourth-order valence-corrected chi connectivity index (χ4v) is 8.21. The molecule has 0 radical (unpaired) electrons. The summed E-state index contributed by atoms with van der Waals surface area (Å²) in [5, 5.41) is 29.7. The van der Waals surface area contributed by atoms with Crippen LogP contribution in [0.3, 0.4) is 0 Å². The Kier molecular flexibility index (Phi) is 6.50. The molecule has 176 valence electrons. The number of nitrogens with zero attached hydrogens (tertiary/aromatic N) is 1. The standard InChI is InChI=1S/C24H38N2O4.ClH/c1-23-8-5-14(26-30-15-7-10-25-12-15)11-19(23)16(13-27)22(29)21-17-3-4-20(28)24(17,2)9-6-18(21)23;/h15-19,21-22,25,27,29H,3-13H2,1-2H3;1H/t15-,16?,17-,18+,19?,21-,22?,23+,24-;/m0./s1. The van der Waals surface area contributed by atoms with Crippen LogP contribution in [-0.2, 0) is 9.63 Å². The molecule has 5 aliphatic rings. The first-order valence-electron chi connectivity index (χ1n) is 12.1. The van der Waals surface area contributed by atoms with E-state index < -0.39 is 6.10 Å². The van der Waals surface area contributed by atoms with Crippen molar-refractivity contribution in [3.05, 3.63) is 0 Å². The largest absolute Gasteiger partial charge is 0.396 e. The van der Waals surface area contributed by atoms with Crippen LogP contribution in [0.4, 0.5) is 0 Å². The van der Waals surface area contributed by atoms with Gasteiger partial charge in [0.1, 0.15) is 11.9 Å². The van der Waals surface area contributed by atoms with E-state index >= 15 is 0 Å². The van der Waals surface area contributed by atoms with Crippen molar-refractivity contribution in [1.29, 1.82) is 0 Å². The van der Waals surface area contributed by atoms with E-state index in [1.165, 1.54) is 0 Å². The highest BCUT2D eigenvalue weighted by Gasteiger charge is 2.64. The number of hydrogen-bond donors (Lipinski definition) is 3. The monoisotopic (exact) mass is 454 g/mol. The van der Waals surface area contributed by atoms with Gasteiger partial charge in [-0.2, -0.15) is 0 Å². The number of aliphatic hydroxyl groups excluding tert-OH is 2. The third kappa shape index (κ3) is 3.56. The molecule has 0 aromatic carbocycles. The fraction of sp³-hybridized carbons (Fsp3) is 0.917. The number of carbonyl (C=O) groups excluding carboxylic acids is 1. The highest BCUT2D eigenvalue weighted by Crippen LogP contribution is 2.66. The number of aliphatic hydroxyl groups is 2. The minimum atomic E-state index is -0.534. The predicted molar refractivity (Wildman–Crippen MR) is 121 cm³/mol. The van der Waals surface area contributed by atoms with Crippen molar-refractivity contribution in [1.82, 2.24) is 5.32 Å². The van der Waals surface area contributed by atoms with E-state index in [9.17, 15) is 15.0 Å². The van der Waals surface area contributed by atoms with E-state index in [1.54, 1.807) is 0 Å². The average molecular weight is 455 g/mol. The van der Waals surface area contributed by atoms with Gasteiger partial charge in [0.05, 0.1) is 11.8 Å². The maximum atomic E-state index is 12.7. The molecular formula is C24H39ClN2O4. The summed E-state index contributed by atoms with van der Waals surface area (Å²) in [6, 6.07) is 0. The predicted octanol–water partition coefficient (Wildman–Crippen LogP) is 2.94. The van der Waals surface area contributed by atoms with E-state index in [0.717, 1.165) is 63.7 Å². The molecule has 0 spiro atoms. The Hall–Kier alpha value is -0.690. The smallest absolute Gasteiger partial charge is 0.141 e. The molecule has 6 nitrogen and oxygen atoms in total. The third-order valence-electron chi connectivity index (χ3n) is 10.1. The normalized spacial score (nSPS) is 50.4. The van der Waals surface area contributed by atoms with Gasteiger partial charge in [-0.3, -0.25) is 4.79 Å². The molecule has 3 unspecified atom stereocenters. The molecule has 0 amide bonds. The van der Waals surface area contributed by atoms with Crippen molar-refractivity contribution in [2.45, 2.75) is 77.4 Å². The third-order valence-corrected chi connectivity index (χ3v) is 10.1. The van der Waals surface area contributed by atoms with Gasteiger partial charge in [-0.05, 0) is 74.2 Å². The number of nitrogens with one attached hydrogen (secondary N) is 1. The van der Waals surface area contributed by atoms with E-state index in [-0.39, 0.29) is 59.6 Å². The Morgan fingerprint density at radius 1 is 1.13 bits per heavy atom. The molecule has 4 saturated carbocycles. The molecule has 31 heavy (non-hydrogen) atoms. The van der Waals surface area contributed by atoms with Gasteiger partial charge < -0.3 is 20.4 Å². The molecule has 0 bridgehead atoms. The Morgan fingerprint density at radius 2 is 1.94 bits per heavy atom. The lowest BCUT2D eigenvalue weighted by atomic mass is 9.42. The van der Waals surface area contributed by atoms with Crippen LogP contribution in [0.2, 0.25) is 0 Å². The minimum absolute atomic E-state index is 0. The van der Waals surface area contributed by atoms with Gasteiger partial charge in [0.25, 0.3) is 0 Å². The van der Waals surface area contributed by atoms with Crippen molar-refractivity contribution in [2.75, 3.05) is 19.7 Å². The van der Waals surface area contributed by atoms with Crippen LogP contribution in [0.1, 0.15) is 65.2 Å². The minimum Gasteiger partial charge on any atom is -0.396 e. The van der Waals surface area contributed by atoms with Crippen molar-refractivity contribution < 1.29 is 19.8 Å². The lowest BCUT2D eigenvalue weighted by Gasteiger charge is -2.63. The van der Waals surface area contributed by atoms with Gasteiger partial charge >= 0.3 is 0 Å². The SMILES string of the molecule is C[C@]12CCC(=NO[C@H]3CCNC3)CC1C(CO)C(O)[C@@H]1[C@H]2CC[C@]2(C)C(=O)CC[C@@H]12.Cl. The second-order valence-electron chi connectivity index (χ2n) is 11.2. The fourth-order valence-electron chi connectivity index (χ4n) is 8.21. The van der Waals surface area contributed by atoms with Crippen molar-refractivity contribution >= 4 is 23.9 Å². The Balaban J connectivity index is 0.00000231. The second kappa shape index (κ2) is 8.58. The lowest BCUT2D eigenvalue weighted by molar-refractivity contribution is -0.188. The lowest BCUT2D eigenvalue weighted by Crippen LogP contribution is -2.62. The van der Waals surface area contributed by atoms with Crippen LogP contribution in [-0.4, -0.2) is 53.6 Å². The second-order valence-corrected chi connectivity index (χ2v) is 11.2. The molecule has 0 aromatic rings. The number of hydrogen-bond acceptors (Lipinski definition) is 6. The van der Waals surface area contributed by atoms with Gasteiger partial charge in [-0.1, -0.05) is 19.0 Å². The van der Waals surface area contributed by atoms with Crippen molar-refractivity contribution in [2.24, 2.45) is 45.6 Å². The summed E-state index contributed by atoms with van der Waals surface area (Å²) in [5.41, 5.74) is 0.902. The molecule has 5 fully saturated rings. The van der Waals surface area contributed by atoms with E-state index in [2.05, 4.69) is 24.3 Å². The quantitative estimate of drug-likeness (QED) is 0.570. The van der Waals surface area contributed by atoms with Gasteiger partial charge in [-0.15, -0.1) is 12.4 Å². The summed E-state index contributed by atoms with van der Waals surface area (Å²) < 4.78 is 0. The maximum Gasteiger partial charge on any atom is 0.141 e. The Bertz CT molecular complexity index is 726. The molecule has 3 N–H and O–H groups in total. The number of oxime groups is 1. The van der Waals surface area contributed by atoms with Crippen LogP contribution in [0.5, 0.6) is 0 Å². The van der Waals surface area contributed by atoms with E-state index in [1.807, 2.05) is 0 Å². The number of Topliss-reactive ketones (excluding diaryl/α,β-unsaturated/α-hetero) is 1. The zero-order valence-corrected chi connectivity index (χ0v) is 19.7. The van der Waals surface area contributed by atoms with Gasteiger partial charge in [0.15, 0.2) is 0 Å². The highest BCUT2D eigenvalue weighted by atomic mass is 35.5. The molecule has 4 aliphatic carbocycles. The Labute approximate surface area is 192 Å². The summed E-state index contributed by atoms with van der Waals surface area (Å²) in [6.07, 6.45) is 6.94. The summed E-state index contributed by atoms with van der Waals surface area (Å²) in [7, 11) is 0. The molecule has 9 atom stereocenters. The van der Waals surface area contributed by atoms with E-state index in [0.29, 0.717) is 18.1 Å². The van der Waals surface area contributed by atoms with Crippen LogP contribution in [0, 0.1) is 40.4 Å². The van der Waals surface area contributed by atoms with Gasteiger partial charge in [0, 0.05) is 37.3 Å². The molecule has 1 heterocycles. The van der Waals surface area contributed by atoms with Gasteiger partial charge in [0.2, 0.25) is 0 Å². The van der Waals surface area contributed by atoms with Gasteiger partial charge in [-0.25, -0.2) is 0 Å². The summed E-state index contributed by atoms with van der Waals surface area (Å²) in [4.78, 5) is 18.5. The molecule has 1 aliphatic heterocycles. The Morgan fingerprint density at radius 3 is 2.65 bits per heavy atom. The van der Waals surface area contributed by atoms with Crippen LogP contribution >= 0.6 is 12.4 Å². The van der Waals surface area contributed by atoms with Crippen LogP contribution < -0.4 is 5.32 Å². The first-order chi connectivity index (χ1) is 14.4. The first kappa shape index (κ1) is 23.5.